The van der Waals surface area contributed by atoms with Crippen molar-refractivity contribution in [1.82, 2.24) is 4.90 Å². The van der Waals surface area contributed by atoms with E-state index in [0.717, 1.165) is 0 Å². The number of hydrogen-bond acceptors (Lipinski definition) is 7. The Bertz CT molecular complexity index is 525. The number of ether oxygens (including phenoxy) is 2. The second-order valence-corrected chi connectivity index (χ2v) is 6.58. The van der Waals surface area contributed by atoms with Crippen molar-refractivity contribution in [2.45, 2.75) is 58.6 Å². The normalized spacial score (nSPS) is 13.8. The predicted molar refractivity (Wildman–Crippen MR) is 97.2 cm³/mol. The fourth-order valence-corrected chi connectivity index (χ4v) is 1.92. The van der Waals surface area contributed by atoms with Crippen molar-refractivity contribution < 1.29 is 29.0 Å². The fraction of sp³-hybridized carbons (Fsp3) is 0.706. The number of methoxy groups -OCH3 is 1. The molecule has 0 fully saturated rings. The Hall–Kier alpha value is -2.29. The molecule has 0 heterocycles. The summed E-state index contributed by atoms with van der Waals surface area (Å²) in [4.78, 5) is 30.2. The number of rotatable bonds is 9. The molecule has 0 aliphatic rings. The molecule has 0 spiro atoms. The molecule has 1 atom stereocenters. The summed E-state index contributed by atoms with van der Waals surface area (Å²) < 4.78 is 9.90. The number of hydrogen-bond donors (Lipinski definition) is 2. The van der Waals surface area contributed by atoms with Gasteiger partial charge in [0.25, 0.3) is 0 Å². The van der Waals surface area contributed by atoms with Gasteiger partial charge in [-0.3, -0.25) is 0 Å². The summed E-state index contributed by atoms with van der Waals surface area (Å²) in [5.41, 5.74) is 5.32. The number of oxime groups is 1. The molecule has 1 amide bonds. The van der Waals surface area contributed by atoms with Gasteiger partial charge in [-0.1, -0.05) is 5.16 Å². The minimum atomic E-state index is -0.693. The second kappa shape index (κ2) is 11.3. The first kappa shape index (κ1) is 23.7. The second-order valence-electron chi connectivity index (χ2n) is 6.58. The molecule has 150 valence electrons. The van der Waals surface area contributed by atoms with Gasteiger partial charge >= 0.3 is 12.1 Å². The van der Waals surface area contributed by atoms with E-state index < -0.39 is 23.7 Å². The zero-order valence-electron chi connectivity index (χ0n) is 16.4. The van der Waals surface area contributed by atoms with Gasteiger partial charge in [0.2, 0.25) is 5.76 Å². The summed E-state index contributed by atoms with van der Waals surface area (Å²) >= 11 is 0. The Labute approximate surface area is 154 Å². The largest absolute Gasteiger partial charge is 0.463 e. The summed E-state index contributed by atoms with van der Waals surface area (Å²) in [7, 11) is 2.76. The van der Waals surface area contributed by atoms with E-state index in [9.17, 15) is 9.59 Å². The number of allylic oxidation sites excluding steroid dienone is 1. The standard InChI is InChI=1S/C17H31N3O6/c1-7-13(15(22)24-6)26-19-14(18)12(10-8-9-11-21)20(5)16(23)25-17(2,3)4/h7,12,21H,8-11H2,1-6H3,(H2,18,19)/b13-7+. The Balaban J connectivity index is 5.29. The molecule has 0 aromatic rings. The van der Waals surface area contributed by atoms with Crippen molar-refractivity contribution in [2.75, 3.05) is 20.8 Å². The molecule has 0 aromatic carbocycles. The maximum absolute atomic E-state index is 12.3. The van der Waals surface area contributed by atoms with Crippen LogP contribution in [0.2, 0.25) is 0 Å². The highest BCUT2D eigenvalue weighted by atomic mass is 16.7. The van der Waals surface area contributed by atoms with Crippen LogP contribution in [0.3, 0.4) is 0 Å². The molecule has 0 aromatic heterocycles. The molecule has 0 aliphatic heterocycles. The molecule has 1 unspecified atom stereocenters. The highest BCUT2D eigenvalue weighted by Gasteiger charge is 2.28. The van der Waals surface area contributed by atoms with Crippen molar-refractivity contribution in [3.63, 3.8) is 0 Å². The Morgan fingerprint density at radius 1 is 1.31 bits per heavy atom. The number of unbranched alkanes of at least 4 members (excludes halogenated alkanes) is 1. The Morgan fingerprint density at radius 3 is 2.38 bits per heavy atom. The lowest BCUT2D eigenvalue weighted by Crippen LogP contribution is -2.47. The number of aliphatic hydroxyl groups is 1. The summed E-state index contributed by atoms with van der Waals surface area (Å²) in [6, 6.07) is -0.618. The van der Waals surface area contributed by atoms with Gasteiger partial charge in [-0.2, -0.15) is 0 Å². The van der Waals surface area contributed by atoms with E-state index in [1.54, 1.807) is 27.7 Å². The number of nitrogens with two attached hydrogens (primary N) is 1. The van der Waals surface area contributed by atoms with E-state index in [-0.39, 0.29) is 18.2 Å². The topological polar surface area (TPSA) is 124 Å². The van der Waals surface area contributed by atoms with E-state index in [0.29, 0.717) is 19.3 Å². The third-order valence-electron chi connectivity index (χ3n) is 3.27. The van der Waals surface area contributed by atoms with Crippen LogP contribution in [0.1, 0.15) is 47.0 Å². The number of carbonyl (C=O) groups excluding carboxylic acids is 2. The number of likely N-dealkylation sites (N-methyl/N-ethyl adjacent to an activating group) is 1. The van der Waals surface area contributed by atoms with Crippen molar-refractivity contribution >= 4 is 17.9 Å². The maximum atomic E-state index is 12.3. The van der Waals surface area contributed by atoms with Crippen LogP contribution >= 0.6 is 0 Å². The average Bonchev–Trinajstić information content (AvgIpc) is 2.56. The summed E-state index contributed by atoms with van der Waals surface area (Å²) in [6.45, 7) is 6.89. The first-order valence-corrected chi connectivity index (χ1v) is 8.39. The first-order valence-electron chi connectivity index (χ1n) is 8.39. The average molecular weight is 373 g/mol. The molecule has 0 bridgehead atoms. The zero-order valence-corrected chi connectivity index (χ0v) is 16.4. The van der Waals surface area contributed by atoms with Crippen LogP contribution < -0.4 is 5.73 Å². The first-order chi connectivity index (χ1) is 12.1. The summed E-state index contributed by atoms with van der Waals surface area (Å²) in [6.07, 6.45) is 2.43. The number of amides is 1. The van der Waals surface area contributed by atoms with Crippen molar-refractivity contribution in [3.05, 3.63) is 11.8 Å². The summed E-state index contributed by atoms with van der Waals surface area (Å²) in [5, 5.41) is 12.7. The lowest BCUT2D eigenvalue weighted by molar-refractivity contribution is -0.140. The van der Waals surface area contributed by atoms with Crippen molar-refractivity contribution in [1.29, 1.82) is 0 Å². The molecule has 3 N–H and O–H groups in total. The van der Waals surface area contributed by atoms with Gasteiger partial charge in [0, 0.05) is 13.7 Å². The third-order valence-corrected chi connectivity index (χ3v) is 3.27. The molecular weight excluding hydrogens is 342 g/mol. The lowest BCUT2D eigenvalue weighted by atomic mass is 10.1. The van der Waals surface area contributed by atoms with Gasteiger partial charge in [-0.15, -0.1) is 0 Å². The lowest BCUT2D eigenvalue weighted by Gasteiger charge is -2.30. The van der Waals surface area contributed by atoms with Gasteiger partial charge in [0.1, 0.15) is 5.60 Å². The van der Waals surface area contributed by atoms with Gasteiger partial charge in [-0.05, 0) is 53.0 Å². The van der Waals surface area contributed by atoms with Crippen LogP contribution in [-0.4, -0.2) is 60.3 Å². The van der Waals surface area contributed by atoms with Crippen molar-refractivity contribution in [3.8, 4) is 0 Å². The van der Waals surface area contributed by atoms with Crippen molar-refractivity contribution in [2.24, 2.45) is 10.9 Å². The smallest absolute Gasteiger partial charge is 0.410 e. The van der Waals surface area contributed by atoms with E-state index >= 15 is 0 Å². The highest BCUT2D eigenvalue weighted by molar-refractivity contribution is 5.89. The molecule has 0 rings (SSSR count). The quantitative estimate of drug-likeness (QED) is 0.120. The SMILES string of the molecule is C/C=C(/O/N=C(\N)C(CCCCO)N(C)C(=O)OC(C)(C)C)C(=O)OC. The number of esters is 1. The molecule has 9 heteroatoms. The minimum Gasteiger partial charge on any atom is -0.463 e. The Kier molecular flexibility index (Phi) is 10.3. The van der Waals surface area contributed by atoms with Gasteiger partial charge in [0.05, 0.1) is 13.2 Å². The molecule has 9 nitrogen and oxygen atoms in total. The van der Waals surface area contributed by atoms with Crippen LogP contribution in [0.25, 0.3) is 0 Å². The third kappa shape index (κ3) is 8.70. The number of amidine groups is 1. The minimum absolute atomic E-state index is 0.000415. The van der Waals surface area contributed by atoms with Gasteiger partial charge in [-0.25, -0.2) is 9.59 Å². The van der Waals surface area contributed by atoms with Crippen LogP contribution in [0.4, 0.5) is 4.79 Å². The fourth-order valence-electron chi connectivity index (χ4n) is 1.92. The van der Waals surface area contributed by atoms with E-state index in [2.05, 4.69) is 9.89 Å². The van der Waals surface area contributed by atoms with Gasteiger partial charge in [0.15, 0.2) is 5.84 Å². The number of aliphatic hydroxyl groups excluding tert-OH is 1. The highest BCUT2D eigenvalue weighted by Crippen LogP contribution is 2.14. The van der Waals surface area contributed by atoms with Crippen LogP contribution in [0.5, 0.6) is 0 Å². The van der Waals surface area contributed by atoms with E-state index in [1.807, 2.05) is 0 Å². The number of nitrogens with zero attached hydrogens (tertiary/aromatic N) is 2. The Morgan fingerprint density at radius 2 is 1.92 bits per heavy atom. The molecule has 0 saturated carbocycles. The monoisotopic (exact) mass is 373 g/mol. The van der Waals surface area contributed by atoms with Crippen LogP contribution in [0, 0.1) is 0 Å². The molecule has 0 radical (unpaired) electrons. The van der Waals surface area contributed by atoms with Crippen LogP contribution in [0.15, 0.2) is 17.0 Å². The molecule has 0 saturated heterocycles. The maximum Gasteiger partial charge on any atom is 0.410 e. The molecule has 26 heavy (non-hydrogen) atoms. The molecular formula is C17H31N3O6. The zero-order chi connectivity index (χ0) is 20.3. The predicted octanol–water partition coefficient (Wildman–Crippen LogP) is 1.75. The van der Waals surface area contributed by atoms with E-state index in [1.165, 1.54) is 25.1 Å². The summed E-state index contributed by atoms with van der Waals surface area (Å²) in [5.74, 6) is -0.814. The van der Waals surface area contributed by atoms with E-state index in [4.69, 9.17) is 20.4 Å². The van der Waals surface area contributed by atoms with Gasteiger partial charge < -0.3 is 30.1 Å². The van der Waals surface area contributed by atoms with Crippen LogP contribution in [-0.2, 0) is 19.1 Å². The molecule has 0 aliphatic carbocycles. The number of carbonyl (C=O) groups is 2.